The molecule has 0 amide bonds. The average molecular weight is 231 g/mol. The van der Waals surface area contributed by atoms with Crippen molar-refractivity contribution in [2.24, 2.45) is 0 Å². The number of esters is 1. The molecule has 0 saturated heterocycles. The Hall–Kier alpha value is -2.10. The summed E-state index contributed by atoms with van der Waals surface area (Å²) < 4.78 is 4.97. The Morgan fingerprint density at radius 3 is 2.88 bits per heavy atom. The second-order valence-electron chi connectivity index (χ2n) is 3.74. The number of aromatic amines is 1. The highest BCUT2D eigenvalue weighted by atomic mass is 16.5. The van der Waals surface area contributed by atoms with E-state index in [-0.39, 0.29) is 11.3 Å². The summed E-state index contributed by atoms with van der Waals surface area (Å²) in [6.07, 6.45) is 0.754. The molecule has 0 aliphatic heterocycles. The number of H-pyrrole nitrogens is 1. The second kappa shape index (κ2) is 4.82. The summed E-state index contributed by atoms with van der Waals surface area (Å²) in [7, 11) is 0. The summed E-state index contributed by atoms with van der Waals surface area (Å²) in [4.78, 5) is 25.9. The van der Waals surface area contributed by atoms with Gasteiger partial charge in [-0.25, -0.2) is 4.79 Å². The number of fused-ring (bicyclic) bond motifs is 1. The first-order valence-electron chi connectivity index (χ1n) is 5.51. The summed E-state index contributed by atoms with van der Waals surface area (Å²) in [5.74, 6) is -0.491. The number of benzene rings is 1. The van der Waals surface area contributed by atoms with Gasteiger partial charge in [-0.2, -0.15) is 0 Å². The monoisotopic (exact) mass is 231 g/mol. The van der Waals surface area contributed by atoms with Gasteiger partial charge in [0.1, 0.15) is 5.69 Å². The highest BCUT2D eigenvalue weighted by Crippen LogP contribution is 2.10. The zero-order valence-electron chi connectivity index (χ0n) is 9.53. The molecule has 0 radical (unpaired) electrons. The van der Waals surface area contributed by atoms with Gasteiger partial charge in [0, 0.05) is 5.39 Å². The zero-order chi connectivity index (χ0) is 12.3. The fourth-order valence-electron chi connectivity index (χ4n) is 1.59. The van der Waals surface area contributed by atoms with Gasteiger partial charge in [0.15, 0.2) is 0 Å². The van der Waals surface area contributed by atoms with Crippen molar-refractivity contribution in [3.05, 3.63) is 46.4 Å². The Morgan fingerprint density at radius 1 is 1.35 bits per heavy atom. The summed E-state index contributed by atoms with van der Waals surface area (Å²) in [6.45, 7) is 2.27. The second-order valence-corrected chi connectivity index (χ2v) is 3.74. The lowest BCUT2D eigenvalue weighted by Crippen LogP contribution is -2.15. The molecule has 0 bridgehead atoms. The molecular formula is C13H13NO3. The third-order valence-corrected chi connectivity index (χ3v) is 2.41. The summed E-state index contributed by atoms with van der Waals surface area (Å²) in [5.41, 5.74) is -0.0753. The Bertz CT molecular complexity index is 601. The first kappa shape index (κ1) is 11.4. The molecule has 0 unspecified atom stereocenters. The third kappa shape index (κ3) is 2.36. The molecule has 1 heterocycles. The molecule has 17 heavy (non-hydrogen) atoms. The number of nitrogens with one attached hydrogen (secondary N) is 1. The predicted octanol–water partition coefficient (Wildman–Crippen LogP) is 2.09. The van der Waals surface area contributed by atoms with Crippen LogP contribution in [0.25, 0.3) is 10.8 Å². The fourth-order valence-corrected chi connectivity index (χ4v) is 1.59. The third-order valence-electron chi connectivity index (χ3n) is 2.41. The lowest BCUT2D eigenvalue weighted by molar-refractivity contribution is 0.0498. The Balaban J connectivity index is 2.43. The van der Waals surface area contributed by atoms with Crippen molar-refractivity contribution in [1.82, 2.24) is 4.98 Å². The van der Waals surface area contributed by atoms with Crippen molar-refractivity contribution < 1.29 is 9.53 Å². The maximum Gasteiger partial charge on any atom is 0.354 e. The van der Waals surface area contributed by atoms with Gasteiger partial charge in [0.25, 0.3) is 5.56 Å². The van der Waals surface area contributed by atoms with E-state index in [9.17, 15) is 9.59 Å². The number of pyridine rings is 1. The zero-order valence-corrected chi connectivity index (χ0v) is 9.53. The van der Waals surface area contributed by atoms with Gasteiger partial charge in [0.2, 0.25) is 0 Å². The van der Waals surface area contributed by atoms with Crippen LogP contribution in [0, 0.1) is 0 Å². The largest absolute Gasteiger partial charge is 0.461 e. The standard InChI is InChI=1S/C13H13NO3/c1-2-7-17-13(16)11-8-9-5-3-4-6-10(9)12(15)14-11/h3-6,8H,2,7H2,1H3,(H,14,15). The first-order valence-corrected chi connectivity index (χ1v) is 5.51. The van der Waals surface area contributed by atoms with Gasteiger partial charge < -0.3 is 9.72 Å². The van der Waals surface area contributed by atoms with Crippen LogP contribution >= 0.6 is 0 Å². The molecule has 4 nitrogen and oxygen atoms in total. The molecule has 2 rings (SSSR count). The number of aromatic nitrogens is 1. The first-order chi connectivity index (χ1) is 8.22. The topological polar surface area (TPSA) is 59.2 Å². The van der Waals surface area contributed by atoms with E-state index in [2.05, 4.69) is 4.98 Å². The van der Waals surface area contributed by atoms with Crippen LogP contribution in [-0.4, -0.2) is 17.6 Å². The van der Waals surface area contributed by atoms with E-state index in [0.717, 1.165) is 11.8 Å². The maximum atomic E-state index is 11.7. The highest BCUT2D eigenvalue weighted by molar-refractivity contribution is 5.92. The SMILES string of the molecule is CCCOC(=O)c1cc2ccccc2c(=O)[nH]1. The number of ether oxygens (including phenoxy) is 1. The normalized spacial score (nSPS) is 10.4. The molecular weight excluding hydrogens is 218 g/mol. The number of rotatable bonds is 3. The van der Waals surface area contributed by atoms with E-state index in [1.807, 2.05) is 13.0 Å². The van der Waals surface area contributed by atoms with Crippen molar-refractivity contribution in [3.8, 4) is 0 Å². The smallest absolute Gasteiger partial charge is 0.354 e. The van der Waals surface area contributed by atoms with Crippen molar-refractivity contribution >= 4 is 16.7 Å². The Labute approximate surface area is 98.2 Å². The van der Waals surface area contributed by atoms with Gasteiger partial charge in [0.05, 0.1) is 6.61 Å². The summed E-state index contributed by atoms with van der Waals surface area (Å²) in [5, 5.41) is 1.30. The van der Waals surface area contributed by atoms with Gasteiger partial charge in [-0.1, -0.05) is 25.1 Å². The van der Waals surface area contributed by atoms with E-state index < -0.39 is 5.97 Å². The van der Waals surface area contributed by atoms with E-state index in [4.69, 9.17) is 4.74 Å². The van der Waals surface area contributed by atoms with Crippen LogP contribution in [0.2, 0.25) is 0 Å². The van der Waals surface area contributed by atoms with E-state index in [0.29, 0.717) is 12.0 Å². The molecule has 1 aromatic carbocycles. The van der Waals surface area contributed by atoms with Gasteiger partial charge >= 0.3 is 5.97 Å². The van der Waals surface area contributed by atoms with Crippen molar-refractivity contribution in [2.75, 3.05) is 6.61 Å². The van der Waals surface area contributed by atoms with E-state index in [1.54, 1.807) is 24.3 Å². The molecule has 2 aromatic rings. The number of hydrogen-bond donors (Lipinski definition) is 1. The van der Waals surface area contributed by atoms with Crippen LogP contribution < -0.4 is 5.56 Å². The summed E-state index contributed by atoms with van der Waals surface area (Å²) in [6, 6.07) is 8.75. The lowest BCUT2D eigenvalue weighted by Gasteiger charge is -2.04. The molecule has 0 aliphatic carbocycles. The van der Waals surface area contributed by atoms with Gasteiger partial charge in [-0.05, 0) is 23.9 Å². The molecule has 0 saturated carbocycles. The molecule has 4 heteroatoms. The molecule has 0 aliphatic rings. The summed E-state index contributed by atoms with van der Waals surface area (Å²) >= 11 is 0. The molecule has 0 atom stereocenters. The van der Waals surface area contributed by atoms with Crippen LogP contribution in [0.1, 0.15) is 23.8 Å². The minimum atomic E-state index is -0.491. The van der Waals surface area contributed by atoms with Crippen molar-refractivity contribution in [1.29, 1.82) is 0 Å². The van der Waals surface area contributed by atoms with Crippen LogP contribution in [-0.2, 0) is 4.74 Å². The molecule has 0 spiro atoms. The molecule has 88 valence electrons. The van der Waals surface area contributed by atoms with Gasteiger partial charge in [-0.3, -0.25) is 4.79 Å². The number of carbonyl (C=O) groups is 1. The average Bonchev–Trinajstić information content (AvgIpc) is 2.36. The van der Waals surface area contributed by atoms with E-state index in [1.165, 1.54) is 0 Å². The van der Waals surface area contributed by atoms with Crippen molar-refractivity contribution in [3.63, 3.8) is 0 Å². The maximum absolute atomic E-state index is 11.7. The minimum Gasteiger partial charge on any atom is -0.461 e. The number of carbonyl (C=O) groups excluding carboxylic acids is 1. The lowest BCUT2D eigenvalue weighted by atomic mass is 10.1. The fraction of sp³-hybridized carbons (Fsp3) is 0.231. The quantitative estimate of drug-likeness (QED) is 0.823. The van der Waals surface area contributed by atoms with Crippen LogP contribution in [0.4, 0.5) is 0 Å². The van der Waals surface area contributed by atoms with E-state index >= 15 is 0 Å². The van der Waals surface area contributed by atoms with Crippen LogP contribution in [0.5, 0.6) is 0 Å². The Kier molecular flexibility index (Phi) is 3.23. The minimum absolute atomic E-state index is 0.196. The van der Waals surface area contributed by atoms with Crippen LogP contribution in [0.3, 0.4) is 0 Å². The molecule has 0 fully saturated rings. The number of hydrogen-bond acceptors (Lipinski definition) is 3. The molecule has 1 aromatic heterocycles. The van der Waals surface area contributed by atoms with Crippen LogP contribution in [0.15, 0.2) is 35.1 Å². The predicted molar refractivity (Wildman–Crippen MR) is 65.1 cm³/mol. The van der Waals surface area contributed by atoms with Crippen molar-refractivity contribution in [2.45, 2.75) is 13.3 Å². The highest BCUT2D eigenvalue weighted by Gasteiger charge is 2.09. The van der Waals surface area contributed by atoms with Gasteiger partial charge in [-0.15, -0.1) is 0 Å². The molecule has 1 N–H and O–H groups in total. The Morgan fingerprint density at radius 2 is 2.12 bits per heavy atom.